The molecule has 0 spiro atoms. The van der Waals surface area contributed by atoms with Crippen LogP contribution in [0.2, 0.25) is 0 Å². The zero-order valence-electron chi connectivity index (χ0n) is 16.2. The van der Waals surface area contributed by atoms with Crippen LogP contribution < -0.4 is 4.18 Å². The van der Waals surface area contributed by atoms with E-state index in [2.05, 4.69) is 15.9 Å². The van der Waals surface area contributed by atoms with Gasteiger partial charge in [-0.05, 0) is 74.9 Å². The minimum Gasteiger partial charge on any atom is -0.374 e. The van der Waals surface area contributed by atoms with E-state index in [-0.39, 0.29) is 10.2 Å². The first-order valence-electron chi connectivity index (χ1n) is 8.98. The lowest BCUT2D eigenvalue weighted by Gasteiger charge is -2.20. The molecule has 4 aromatic carbocycles. The van der Waals surface area contributed by atoms with Gasteiger partial charge in [0, 0.05) is 10.8 Å². The van der Waals surface area contributed by atoms with Crippen molar-refractivity contribution in [1.29, 1.82) is 0 Å². The Morgan fingerprint density at radius 2 is 1.53 bits per heavy atom. The van der Waals surface area contributed by atoms with Gasteiger partial charge in [-0.15, -0.1) is 0 Å². The van der Waals surface area contributed by atoms with Gasteiger partial charge in [-0.25, -0.2) is 0 Å². The van der Waals surface area contributed by atoms with E-state index >= 15 is 0 Å². The van der Waals surface area contributed by atoms with E-state index in [0.29, 0.717) is 21.7 Å². The van der Waals surface area contributed by atoms with Crippen LogP contribution in [0.3, 0.4) is 0 Å². The molecule has 0 radical (unpaired) electrons. The molecule has 8 heteroatoms. The Balaban J connectivity index is 2.29. The predicted octanol–water partition coefficient (Wildman–Crippen LogP) is 7.06. The summed E-state index contributed by atoms with van der Waals surface area (Å²) in [6, 6.07) is 13.1. The van der Waals surface area contributed by atoms with Gasteiger partial charge in [0.25, 0.3) is 0 Å². The van der Waals surface area contributed by atoms with Crippen LogP contribution in [0, 0.1) is 20.8 Å². The molecule has 0 saturated carbocycles. The number of benzene rings is 4. The van der Waals surface area contributed by atoms with E-state index in [1.165, 1.54) is 0 Å². The summed E-state index contributed by atoms with van der Waals surface area (Å²) in [6.45, 7) is 5.47. The summed E-state index contributed by atoms with van der Waals surface area (Å²) in [4.78, 5) is 0. The Labute approximate surface area is 179 Å². The third kappa shape index (κ3) is 3.04. The van der Waals surface area contributed by atoms with Crippen LogP contribution in [0.15, 0.2) is 46.9 Å². The lowest BCUT2D eigenvalue weighted by atomic mass is 9.90. The fourth-order valence-electron chi connectivity index (χ4n) is 3.78. The highest BCUT2D eigenvalue weighted by atomic mass is 79.9. The Morgan fingerprint density at radius 1 is 0.867 bits per heavy atom. The third-order valence-electron chi connectivity index (χ3n) is 5.43. The summed E-state index contributed by atoms with van der Waals surface area (Å²) in [6.07, 6.45) is 0. The topological polar surface area (TPSA) is 43.4 Å². The summed E-state index contributed by atoms with van der Waals surface area (Å²) in [7, 11) is -5.86. The first kappa shape index (κ1) is 20.9. The highest BCUT2D eigenvalue weighted by Crippen LogP contribution is 2.46. The van der Waals surface area contributed by atoms with Gasteiger partial charge in [0.15, 0.2) is 5.75 Å². The maximum Gasteiger partial charge on any atom is 0.534 e. The maximum atomic E-state index is 13.1. The van der Waals surface area contributed by atoms with Crippen molar-refractivity contribution in [2.45, 2.75) is 26.3 Å². The van der Waals surface area contributed by atoms with Gasteiger partial charge in [0.2, 0.25) is 0 Å². The SMILES string of the molecule is Cc1c(Br)c(OS(=O)(=O)C(F)(F)F)c2c(cc(C)c3ccc4ccccc4c32)c1C. The Morgan fingerprint density at radius 3 is 2.20 bits per heavy atom. The predicted molar refractivity (Wildman–Crippen MR) is 116 cm³/mol. The van der Waals surface area contributed by atoms with Crippen molar-refractivity contribution >= 4 is 58.4 Å². The number of hydrogen-bond acceptors (Lipinski definition) is 3. The summed E-state index contributed by atoms with van der Waals surface area (Å²) < 4.78 is 68.1. The summed E-state index contributed by atoms with van der Waals surface area (Å²) >= 11 is 3.28. The van der Waals surface area contributed by atoms with E-state index in [0.717, 1.165) is 27.3 Å². The second-order valence-electron chi connectivity index (χ2n) is 7.20. The zero-order valence-corrected chi connectivity index (χ0v) is 18.6. The highest BCUT2D eigenvalue weighted by molar-refractivity contribution is 9.10. The molecular weight excluding hydrogens is 481 g/mol. The fourth-order valence-corrected chi connectivity index (χ4v) is 4.95. The fraction of sp³-hybridized carbons (Fsp3) is 0.182. The standard InChI is InChI=1S/C22H16BrF3O3S/c1-11-10-17-12(2)13(3)20(23)21(29-30(27,28)22(24,25)26)19(17)18-15(11)9-8-14-6-4-5-7-16(14)18/h4-10H,1-3H3. The summed E-state index contributed by atoms with van der Waals surface area (Å²) in [5, 5.41) is 4.12. The molecule has 0 atom stereocenters. The van der Waals surface area contributed by atoms with Crippen molar-refractivity contribution in [3.05, 3.63) is 63.6 Å². The first-order valence-corrected chi connectivity index (χ1v) is 11.2. The molecule has 0 amide bonds. The van der Waals surface area contributed by atoms with Crippen LogP contribution in [0.4, 0.5) is 13.2 Å². The van der Waals surface area contributed by atoms with Crippen LogP contribution in [0.5, 0.6) is 5.75 Å². The molecule has 0 heterocycles. The first-order chi connectivity index (χ1) is 13.9. The molecule has 3 nitrogen and oxygen atoms in total. The van der Waals surface area contributed by atoms with Gasteiger partial charge in [0.1, 0.15) is 0 Å². The number of aryl methyl sites for hydroxylation is 2. The number of fused-ring (bicyclic) bond motifs is 5. The van der Waals surface area contributed by atoms with Crippen molar-refractivity contribution in [3.8, 4) is 5.75 Å². The molecule has 156 valence electrons. The van der Waals surface area contributed by atoms with E-state index in [1.807, 2.05) is 56.3 Å². The van der Waals surface area contributed by atoms with Gasteiger partial charge >= 0.3 is 15.6 Å². The molecule has 0 bridgehead atoms. The molecule has 0 fully saturated rings. The van der Waals surface area contributed by atoms with Gasteiger partial charge in [-0.2, -0.15) is 21.6 Å². The molecule has 4 rings (SSSR count). The second-order valence-corrected chi connectivity index (χ2v) is 9.53. The molecular formula is C22H16BrF3O3S. The Kier molecular flexibility index (Phi) is 4.78. The van der Waals surface area contributed by atoms with Crippen molar-refractivity contribution < 1.29 is 25.8 Å². The average molecular weight is 497 g/mol. The number of rotatable bonds is 2. The molecule has 0 aliphatic heterocycles. The quantitative estimate of drug-likeness (QED) is 0.169. The largest absolute Gasteiger partial charge is 0.534 e. The van der Waals surface area contributed by atoms with Crippen LogP contribution in [-0.4, -0.2) is 13.9 Å². The van der Waals surface area contributed by atoms with Crippen molar-refractivity contribution in [2.24, 2.45) is 0 Å². The van der Waals surface area contributed by atoms with E-state index in [9.17, 15) is 21.6 Å². The van der Waals surface area contributed by atoms with E-state index in [4.69, 9.17) is 4.18 Å². The third-order valence-corrected chi connectivity index (χ3v) is 7.34. The average Bonchev–Trinajstić information content (AvgIpc) is 2.68. The van der Waals surface area contributed by atoms with E-state index < -0.39 is 15.6 Å². The van der Waals surface area contributed by atoms with Gasteiger partial charge in [0.05, 0.1) is 4.47 Å². The normalized spacial score (nSPS) is 12.8. The van der Waals surface area contributed by atoms with E-state index in [1.54, 1.807) is 6.92 Å². The van der Waals surface area contributed by atoms with Crippen LogP contribution in [0.1, 0.15) is 16.7 Å². The Bertz CT molecular complexity index is 1460. The molecule has 0 aliphatic rings. The number of halogens is 4. The molecule has 0 N–H and O–H groups in total. The minimum absolute atomic E-state index is 0.179. The molecule has 30 heavy (non-hydrogen) atoms. The van der Waals surface area contributed by atoms with Crippen LogP contribution in [0.25, 0.3) is 32.3 Å². The number of alkyl halides is 3. The maximum absolute atomic E-state index is 13.1. The number of hydrogen-bond donors (Lipinski definition) is 0. The van der Waals surface area contributed by atoms with Crippen LogP contribution in [-0.2, 0) is 10.1 Å². The van der Waals surface area contributed by atoms with Crippen LogP contribution >= 0.6 is 15.9 Å². The molecule has 0 unspecified atom stereocenters. The second kappa shape index (κ2) is 6.85. The summed E-state index contributed by atoms with van der Waals surface area (Å²) in [5.41, 5.74) is -3.18. The monoisotopic (exact) mass is 496 g/mol. The minimum atomic E-state index is -5.86. The molecule has 4 aromatic rings. The van der Waals surface area contributed by atoms with Gasteiger partial charge in [-0.1, -0.05) is 42.5 Å². The zero-order chi connectivity index (χ0) is 22.0. The van der Waals surface area contributed by atoms with Crippen molar-refractivity contribution in [2.75, 3.05) is 0 Å². The molecule has 0 aromatic heterocycles. The summed E-state index contributed by atoms with van der Waals surface area (Å²) in [5.74, 6) is -0.355. The Hall–Kier alpha value is -2.32. The van der Waals surface area contributed by atoms with Gasteiger partial charge < -0.3 is 4.18 Å². The van der Waals surface area contributed by atoms with Crippen molar-refractivity contribution in [3.63, 3.8) is 0 Å². The van der Waals surface area contributed by atoms with Crippen molar-refractivity contribution in [1.82, 2.24) is 0 Å². The lowest BCUT2D eigenvalue weighted by molar-refractivity contribution is -0.0499. The molecule has 0 aliphatic carbocycles. The highest BCUT2D eigenvalue weighted by Gasteiger charge is 2.49. The smallest absolute Gasteiger partial charge is 0.374 e. The lowest BCUT2D eigenvalue weighted by Crippen LogP contribution is -2.28. The molecule has 0 saturated heterocycles. The van der Waals surface area contributed by atoms with Gasteiger partial charge in [-0.3, -0.25) is 0 Å².